The third-order valence-electron chi connectivity index (χ3n) is 6.96. The largest absolute Gasteiger partial charge is 0.477 e. The number of likely N-dealkylation sites (N-methyl/N-ethyl adjacent to an activating group) is 1. The quantitative estimate of drug-likeness (QED) is 0.703. The van der Waals surface area contributed by atoms with E-state index in [1.54, 1.807) is 0 Å². The number of aromatic carboxylic acids is 1. The van der Waals surface area contributed by atoms with Gasteiger partial charge in [-0.3, -0.25) is 9.69 Å². The van der Waals surface area contributed by atoms with Crippen LogP contribution in [0, 0.1) is 11.8 Å². The van der Waals surface area contributed by atoms with Crippen LogP contribution in [-0.4, -0.2) is 46.5 Å². The van der Waals surface area contributed by atoms with Crippen LogP contribution in [0.2, 0.25) is 0 Å². The maximum absolute atomic E-state index is 13.2. The number of aromatic amines is 1. The average molecular weight is 398 g/mol. The number of benzene rings is 1. The molecule has 1 amide bonds. The van der Waals surface area contributed by atoms with E-state index in [0.29, 0.717) is 18.3 Å². The molecule has 3 N–H and O–H groups in total. The first-order valence-electron chi connectivity index (χ1n) is 10.9. The molecule has 6 nitrogen and oxygen atoms in total. The lowest BCUT2D eigenvalue weighted by Crippen LogP contribution is -2.43. The van der Waals surface area contributed by atoms with Crippen LogP contribution in [-0.2, 0) is 11.2 Å². The smallest absolute Gasteiger partial charge is 0.352 e. The molecule has 2 aliphatic rings. The molecule has 1 aromatic heterocycles. The Morgan fingerprint density at radius 1 is 1.21 bits per heavy atom. The molecule has 0 bridgehead atoms. The number of H-pyrrole nitrogens is 1. The van der Waals surface area contributed by atoms with Gasteiger partial charge < -0.3 is 15.4 Å². The van der Waals surface area contributed by atoms with Crippen LogP contribution in [0.4, 0.5) is 5.69 Å². The van der Waals surface area contributed by atoms with Crippen molar-refractivity contribution in [2.75, 3.05) is 18.9 Å². The van der Waals surface area contributed by atoms with E-state index < -0.39 is 5.97 Å². The van der Waals surface area contributed by atoms with Gasteiger partial charge in [-0.15, -0.1) is 0 Å². The fraction of sp³-hybridized carbons (Fsp3) is 0.565. The molecule has 6 heteroatoms. The van der Waals surface area contributed by atoms with Gasteiger partial charge in [-0.05, 0) is 62.0 Å². The molecule has 2 aromatic rings. The molecule has 4 rings (SSSR count). The summed E-state index contributed by atoms with van der Waals surface area (Å²) < 4.78 is 0. The number of fused-ring (bicyclic) bond motifs is 1. The Morgan fingerprint density at radius 3 is 2.66 bits per heavy atom. The Hall–Kier alpha value is -2.34. The number of likely N-dealkylation sites (tertiary alicyclic amines) is 1. The van der Waals surface area contributed by atoms with E-state index in [2.05, 4.69) is 22.2 Å². The van der Waals surface area contributed by atoms with Crippen molar-refractivity contribution in [2.45, 2.75) is 57.9 Å². The predicted octanol–water partition coefficient (Wildman–Crippen LogP) is 4.27. The number of carboxylic acid groups (broad SMARTS) is 1. The summed E-state index contributed by atoms with van der Waals surface area (Å²) >= 11 is 0. The molecule has 1 saturated heterocycles. The van der Waals surface area contributed by atoms with E-state index in [-0.39, 0.29) is 17.6 Å². The minimum atomic E-state index is -0.952. The summed E-state index contributed by atoms with van der Waals surface area (Å²) in [5.74, 6) is 0.195. The van der Waals surface area contributed by atoms with Gasteiger partial charge >= 0.3 is 5.97 Å². The summed E-state index contributed by atoms with van der Waals surface area (Å²) in [7, 11) is 2.05. The van der Waals surface area contributed by atoms with Crippen LogP contribution in [0.3, 0.4) is 0 Å². The lowest BCUT2D eigenvalue weighted by molar-refractivity contribution is -0.121. The van der Waals surface area contributed by atoms with Gasteiger partial charge in [0.1, 0.15) is 5.69 Å². The standard InChI is InChI=1S/C23H31N3O3/c1-3-16-18-13-15(9-10-19(18)25-20(16)23(28)29)24-22(27)21-17(11-12-26(21)2)14-7-5-4-6-8-14/h9-10,13-14,17,21,25H,3-8,11-12H2,1-2H3,(H,24,27)(H,28,29). The number of aryl methyl sites for hydroxylation is 1. The average Bonchev–Trinajstić information content (AvgIpc) is 3.28. The molecule has 29 heavy (non-hydrogen) atoms. The molecule has 2 fully saturated rings. The third kappa shape index (κ3) is 3.78. The molecule has 2 heterocycles. The molecule has 156 valence electrons. The normalized spacial score (nSPS) is 23.5. The van der Waals surface area contributed by atoms with Crippen molar-refractivity contribution in [3.63, 3.8) is 0 Å². The molecule has 1 saturated carbocycles. The third-order valence-corrected chi connectivity index (χ3v) is 6.96. The minimum absolute atomic E-state index is 0.0620. The molecule has 1 aromatic carbocycles. The van der Waals surface area contributed by atoms with Crippen LogP contribution in [0.1, 0.15) is 61.5 Å². The van der Waals surface area contributed by atoms with Crippen LogP contribution in [0.5, 0.6) is 0 Å². The maximum Gasteiger partial charge on any atom is 0.352 e. The summed E-state index contributed by atoms with van der Waals surface area (Å²) in [4.78, 5) is 29.9. The van der Waals surface area contributed by atoms with Crippen molar-refractivity contribution >= 4 is 28.5 Å². The van der Waals surface area contributed by atoms with Gasteiger partial charge in [0.05, 0.1) is 6.04 Å². The maximum atomic E-state index is 13.2. The SMILES string of the molecule is CCc1c(C(=O)O)[nH]c2ccc(NC(=O)C3C(C4CCCCC4)CCN3C)cc12. The summed E-state index contributed by atoms with van der Waals surface area (Å²) in [6, 6.07) is 5.53. The number of carbonyl (C=O) groups is 2. The summed E-state index contributed by atoms with van der Waals surface area (Å²) in [5, 5.41) is 13.4. The number of hydrogen-bond donors (Lipinski definition) is 3. The number of nitrogens with zero attached hydrogens (tertiary/aromatic N) is 1. The zero-order valence-corrected chi connectivity index (χ0v) is 17.3. The van der Waals surface area contributed by atoms with Crippen molar-refractivity contribution in [3.8, 4) is 0 Å². The van der Waals surface area contributed by atoms with E-state index >= 15 is 0 Å². The molecule has 0 spiro atoms. The predicted molar refractivity (Wildman–Crippen MR) is 114 cm³/mol. The minimum Gasteiger partial charge on any atom is -0.477 e. The van der Waals surface area contributed by atoms with Crippen LogP contribution >= 0.6 is 0 Å². The lowest BCUT2D eigenvalue weighted by atomic mass is 9.76. The van der Waals surface area contributed by atoms with Crippen molar-refractivity contribution in [1.82, 2.24) is 9.88 Å². The Morgan fingerprint density at radius 2 is 1.97 bits per heavy atom. The number of anilines is 1. The van der Waals surface area contributed by atoms with Gasteiger partial charge in [-0.2, -0.15) is 0 Å². The number of amides is 1. The first-order valence-corrected chi connectivity index (χ1v) is 10.9. The number of carbonyl (C=O) groups excluding carboxylic acids is 1. The van der Waals surface area contributed by atoms with Crippen molar-refractivity contribution in [1.29, 1.82) is 0 Å². The van der Waals surface area contributed by atoms with E-state index in [1.807, 2.05) is 25.1 Å². The lowest BCUT2D eigenvalue weighted by Gasteiger charge is -2.32. The summed E-state index contributed by atoms with van der Waals surface area (Å²) in [5.41, 5.74) is 2.53. The number of nitrogens with one attached hydrogen (secondary N) is 2. The Bertz CT molecular complexity index is 913. The monoisotopic (exact) mass is 397 g/mol. The van der Waals surface area contributed by atoms with Crippen molar-refractivity contribution < 1.29 is 14.7 Å². The Kier molecular flexibility index (Phi) is 5.63. The van der Waals surface area contributed by atoms with Crippen LogP contribution in [0.25, 0.3) is 10.9 Å². The van der Waals surface area contributed by atoms with Gasteiger partial charge in [0.2, 0.25) is 5.91 Å². The molecule has 2 unspecified atom stereocenters. The van der Waals surface area contributed by atoms with E-state index in [9.17, 15) is 14.7 Å². The Balaban J connectivity index is 1.56. The molecule has 0 radical (unpaired) electrons. The van der Waals surface area contributed by atoms with Gasteiger partial charge in [0.15, 0.2) is 0 Å². The molecular weight excluding hydrogens is 366 g/mol. The molecule has 1 aliphatic carbocycles. The van der Waals surface area contributed by atoms with Crippen molar-refractivity contribution in [2.24, 2.45) is 11.8 Å². The highest BCUT2D eigenvalue weighted by Crippen LogP contribution is 2.38. The Labute approximate surface area is 171 Å². The van der Waals surface area contributed by atoms with E-state index in [4.69, 9.17) is 0 Å². The molecular formula is C23H31N3O3. The highest BCUT2D eigenvalue weighted by atomic mass is 16.4. The number of carboxylic acids is 1. The highest BCUT2D eigenvalue weighted by Gasteiger charge is 2.41. The number of aromatic nitrogens is 1. The second-order valence-corrected chi connectivity index (χ2v) is 8.66. The van der Waals surface area contributed by atoms with E-state index in [0.717, 1.165) is 35.1 Å². The van der Waals surface area contributed by atoms with Crippen LogP contribution < -0.4 is 5.32 Å². The number of rotatable bonds is 5. The second kappa shape index (κ2) is 8.19. The number of hydrogen-bond acceptors (Lipinski definition) is 3. The van der Waals surface area contributed by atoms with Gasteiger partial charge in [0.25, 0.3) is 0 Å². The van der Waals surface area contributed by atoms with Crippen molar-refractivity contribution in [3.05, 3.63) is 29.5 Å². The fourth-order valence-electron chi connectivity index (χ4n) is 5.52. The topological polar surface area (TPSA) is 85.4 Å². The molecule has 2 atom stereocenters. The van der Waals surface area contributed by atoms with Gasteiger partial charge in [-0.25, -0.2) is 4.79 Å². The summed E-state index contributed by atoms with van der Waals surface area (Å²) in [6.07, 6.45) is 8.10. The highest BCUT2D eigenvalue weighted by molar-refractivity contribution is 6.01. The second-order valence-electron chi connectivity index (χ2n) is 8.66. The van der Waals surface area contributed by atoms with Gasteiger partial charge in [-0.1, -0.05) is 39.0 Å². The summed E-state index contributed by atoms with van der Waals surface area (Å²) in [6.45, 7) is 2.92. The van der Waals surface area contributed by atoms with E-state index in [1.165, 1.54) is 32.1 Å². The van der Waals surface area contributed by atoms with Crippen LogP contribution in [0.15, 0.2) is 18.2 Å². The first kappa shape index (κ1) is 20.0. The van der Waals surface area contributed by atoms with Gasteiger partial charge in [0, 0.05) is 16.6 Å². The molecule has 1 aliphatic heterocycles. The zero-order valence-electron chi connectivity index (χ0n) is 17.3. The first-order chi connectivity index (χ1) is 14.0. The zero-order chi connectivity index (χ0) is 20.5. The fourth-order valence-corrected chi connectivity index (χ4v) is 5.52.